The molecule has 4 aromatic rings. The molecule has 5 rings (SSSR count). The highest BCUT2D eigenvalue weighted by atomic mass is 15.2. The molecular formula is C39H42N2. The van der Waals surface area contributed by atoms with Crippen LogP contribution < -0.4 is 10.2 Å². The van der Waals surface area contributed by atoms with Crippen molar-refractivity contribution in [2.45, 2.75) is 44.4 Å². The molecule has 0 spiro atoms. The lowest BCUT2D eigenvalue weighted by Gasteiger charge is -2.33. The molecule has 41 heavy (non-hydrogen) atoms. The van der Waals surface area contributed by atoms with Gasteiger partial charge in [0, 0.05) is 42.0 Å². The van der Waals surface area contributed by atoms with Gasteiger partial charge in [0.05, 0.1) is 0 Å². The van der Waals surface area contributed by atoms with E-state index in [1.165, 1.54) is 44.5 Å². The summed E-state index contributed by atoms with van der Waals surface area (Å²) in [5.41, 5.74) is 7.83. The Bertz CT molecular complexity index is 1620. The normalized spacial score (nSPS) is 17.2. The Balaban J connectivity index is 1.35. The van der Waals surface area contributed by atoms with Crippen molar-refractivity contribution in [3.05, 3.63) is 156 Å². The Morgan fingerprint density at radius 3 is 2.24 bits per heavy atom. The van der Waals surface area contributed by atoms with Crippen LogP contribution in [-0.2, 0) is 17.3 Å². The van der Waals surface area contributed by atoms with Crippen molar-refractivity contribution >= 4 is 22.1 Å². The minimum absolute atomic E-state index is 0.00365. The molecule has 2 nitrogen and oxygen atoms in total. The van der Waals surface area contributed by atoms with Gasteiger partial charge in [-0.15, -0.1) is 0 Å². The van der Waals surface area contributed by atoms with Crippen LogP contribution in [0.25, 0.3) is 10.8 Å². The molecule has 2 heteroatoms. The third-order valence-corrected chi connectivity index (χ3v) is 8.58. The highest BCUT2D eigenvalue weighted by Crippen LogP contribution is 2.46. The highest BCUT2D eigenvalue weighted by molar-refractivity contribution is 5.91. The number of para-hydroxylation sites is 1. The largest absolute Gasteiger partial charge is 0.388 e. The number of nitrogens with zero attached hydrogens (tertiary/aromatic N) is 1. The fourth-order valence-corrected chi connectivity index (χ4v) is 6.49. The Hall–Kier alpha value is -4.30. The molecule has 0 amide bonds. The van der Waals surface area contributed by atoms with Crippen LogP contribution in [0, 0.1) is 0 Å². The highest BCUT2D eigenvalue weighted by Gasteiger charge is 2.37. The first-order valence-electron chi connectivity index (χ1n) is 14.6. The zero-order valence-electron chi connectivity index (χ0n) is 25.1. The van der Waals surface area contributed by atoms with Gasteiger partial charge in [0.25, 0.3) is 0 Å². The van der Waals surface area contributed by atoms with Crippen LogP contribution in [0.5, 0.6) is 0 Å². The van der Waals surface area contributed by atoms with Gasteiger partial charge in [-0.05, 0) is 58.5 Å². The molecule has 0 aromatic heterocycles. The third kappa shape index (κ3) is 5.79. The topological polar surface area (TPSA) is 15.3 Å². The van der Waals surface area contributed by atoms with Gasteiger partial charge in [0.1, 0.15) is 0 Å². The summed E-state index contributed by atoms with van der Waals surface area (Å²) < 4.78 is 0. The minimum atomic E-state index is -0.0845. The first-order chi connectivity index (χ1) is 19.8. The quantitative estimate of drug-likeness (QED) is 0.213. The van der Waals surface area contributed by atoms with Crippen LogP contribution in [0.1, 0.15) is 43.9 Å². The first-order valence-corrected chi connectivity index (χ1v) is 14.6. The van der Waals surface area contributed by atoms with E-state index in [0.29, 0.717) is 0 Å². The maximum absolute atomic E-state index is 3.49. The molecule has 1 aliphatic heterocycles. The Kier molecular flexibility index (Phi) is 8.31. The van der Waals surface area contributed by atoms with Gasteiger partial charge in [-0.3, -0.25) is 0 Å². The van der Waals surface area contributed by atoms with Crippen molar-refractivity contribution in [1.29, 1.82) is 0 Å². The summed E-state index contributed by atoms with van der Waals surface area (Å²) in [5.74, 6) is 0. The van der Waals surface area contributed by atoms with Gasteiger partial charge in [-0.1, -0.05) is 136 Å². The van der Waals surface area contributed by atoms with Crippen LogP contribution in [0.3, 0.4) is 0 Å². The van der Waals surface area contributed by atoms with Gasteiger partial charge in [0.15, 0.2) is 0 Å². The average molecular weight is 539 g/mol. The summed E-state index contributed by atoms with van der Waals surface area (Å²) >= 11 is 0. The lowest BCUT2D eigenvalue weighted by atomic mass is 9.72. The van der Waals surface area contributed by atoms with Crippen LogP contribution in [-0.4, -0.2) is 14.1 Å². The van der Waals surface area contributed by atoms with Gasteiger partial charge in [0.2, 0.25) is 0 Å². The van der Waals surface area contributed by atoms with E-state index < -0.39 is 0 Å². The van der Waals surface area contributed by atoms with Gasteiger partial charge in [-0.2, -0.15) is 0 Å². The standard InChI is InChI=1S/C39H42N2/c1-38(2)33-23-16-17-24-35(33)41(5)36(38)25-13-8-6-7-9-18-28-39(3,29-30-19-11-10-12-20-30)37-32-22-15-14-21-31(32)26-27-34(37)40-4/h6-27,40H,28-29H2,1-5H3/b7-6+,13-8+,18-9+,36-25+. The molecule has 1 unspecified atom stereocenters. The summed E-state index contributed by atoms with van der Waals surface area (Å²) in [6.07, 6.45) is 17.2. The number of allylic oxidation sites excluding steroid dienone is 8. The molecule has 1 atom stereocenters. The summed E-state index contributed by atoms with van der Waals surface area (Å²) in [4.78, 5) is 2.31. The average Bonchev–Trinajstić information content (AvgIpc) is 3.18. The van der Waals surface area contributed by atoms with E-state index in [9.17, 15) is 0 Å². The lowest BCUT2D eigenvalue weighted by Crippen LogP contribution is -2.26. The Labute approximate surface area is 246 Å². The van der Waals surface area contributed by atoms with Crippen molar-refractivity contribution in [3.63, 3.8) is 0 Å². The van der Waals surface area contributed by atoms with Crippen molar-refractivity contribution in [1.82, 2.24) is 0 Å². The molecule has 0 fully saturated rings. The Morgan fingerprint density at radius 2 is 1.46 bits per heavy atom. The molecule has 1 N–H and O–H groups in total. The Morgan fingerprint density at radius 1 is 0.780 bits per heavy atom. The van der Waals surface area contributed by atoms with Crippen LogP contribution in [0.2, 0.25) is 0 Å². The fraction of sp³-hybridized carbons (Fsp3) is 0.231. The van der Waals surface area contributed by atoms with E-state index in [1.807, 2.05) is 7.05 Å². The summed E-state index contributed by atoms with van der Waals surface area (Å²) in [6.45, 7) is 7.01. The first kappa shape index (κ1) is 28.2. The SMILES string of the molecule is CNc1ccc2ccccc2c1C(C)(C/C=C/C=C/C=C/C=C1/N(C)c2ccccc2C1(C)C)Cc1ccccc1. The molecule has 1 heterocycles. The maximum Gasteiger partial charge on any atom is 0.0447 e. The lowest BCUT2D eigenvalue weighted by molar-refractivity contribution is 0.480. The van der Waals surface area contributed by atoms with E-state index in [-0.39, 0.29) is 10.8 Å². The van der Waals surface area contributed by atoms with E-state index in [4.69, 9.17) is 0 Å². The van der Waals surface area contributed by atoms with Crippen LogP contribution >= 0.6 is 0 Å². The van der Waals surface area contributed by atoms with Crippen molar-refractivity contribution in [2.75, 3.05) is 24.3 Å². The second-order valence-corrected chi connectivity index (χ2v) is 11.8. The van der Waals surface area contributed by atoms with E-state index >= 15 is 0 Å². The third-order valence-electron chi connectivity index (χ3n) is 8.58. The van der Waals surface area contributed by atoms with Gasteiger partial charge in [-0.25, -0.2) is 0 Å². The summed E-state index contributed by atoms with van der Waals surface area (Å²) in [7, 11) is 4.19. The zero-order chi connectivity index (χ0) is 28.9. The minimum Gasteiger partial charge on any atom is -0.388 e. The number of likely N-dealkylation sites (N-methyl/N-ethyl adjacent to an activating group) is 1. The molecule has 0 bridgehead atoms. The van der Waals surface area contributed by atoms with Crippen molar-refractivity contribution in [2.24, 2.45) is 0 Å². The number of anilines is 2. The van der Waals surface area contributed by atoms with E-state index in [0.717, 1.165) is 12.8 Å². The van der Waals surface area contributed by atoms with Crippen molar-refractivity contribution < 1.29 is 0 Å². The number of hydrogen-bond donors (Lipinski definition) is 1. The number of rotatable bonds is 9. The second kappa shape index (κ2) is 12.1. The molecule has 0 radical (unpaired) electrons. The fourth-order valence-electron chi connectivity index (χ4n) is 6.49. The molecular weight excluding hydrogens is 496 g/mol. The predicted molar refractivity (Wildman–Crippen MR) is 179 cm³/mol. The molecule has 1 aliphatic rings. The molecule has 4 aromatic carbocycles. The molecule has 0 aliphatic carbocycles. The summed E-state index contributed by atoms with van der Waals surface area (Å²) in [5, 5.41) is 6.09. The van der Waals surface area contributed by atoms with Crippen LogP contribution in [0.4, 0.5) is 11.4 Å². The monoisotopic (exact) mass is 538 g/mol. The second-order valence-electron chi connectivity index (χ2n) is 11.8. The smallest absolute Gasteiger partial charge is 0.0447 e. The van der Waals surface area contributed by atoms with E-state index in [1.54, 1.807) is 0 Å². The zero-order valence-corrected chi connectivity index (χ0v) is 25.1. The number of hydrogen-bond acceptors (Lipinski definition) is 2. The number of nitrogens with one attached hydrogen (secondary N) is 1. The maximum atomic E-state index is 3.49. The van der Waals surface area contributed by atoms with Crippen molar-refractivity contribution in [3.8, 4) is 0 Å². The molecule has 0 saturated carbocycles. The molecule has 0 saturated heterocycles. The van der Waals surface area contributed by atoms with Crippen LogP contribution in [0.15, 0.2) is 139 Å². The molecule has 208 valence electrons. The number of benzene rings is 4. The predicted octanol–water partition coefficient (Wildman–Crippen LogP) is 9.75. The summed E-state index contributed by atoms with van der Waals surface area (Å²) in [6, 6.07) is 32.7. The van der Waals surface area contributed by atoms with Gasteiger partial charge < -0.3 is 10.2 Å². The van der Waals surface area contributed by atoms with Gasteiger partial charge >= 0.3 is 0 Å². The van der Waals surface area contributed by atoms with E-state index in [2.05, 4.69) is 172 Å². The number of fused-ring (bicyclic) bond motifs is 2.